The normalized spacial score (nSPS) is 20.0. The molecule has 1 aromatic carbocycles. The maximum atomic E-state index is 12.1. The van der Waals surface area contributed by atoms with Crippen molar-refractivity contribution in [2.75, 3.05) is 13.7 Å². The molecule has 0 bridgehead atoms. The van der Waals surface area contributed by atoms with Gasteiger partial charge in [0.05, 0.1) is 13.2 Å². The smallest absolute Gasteiger partial charge is 0.249 e. The fraction of sp³-hybridized carbons (Fsp3) is 0.533. The molecule has 0 aliphatic carbocycles. The third kappa shape index (κ3) is 3.26. The highest BCUT2D eigenvalue weighted by Crippen LogP contribution is 2.27. The summed E-state index contributed by atoms with van der Waals surface area (Å²) in [5.41, 5.74) is 1.01. The van der Waals surface area contributed by atoms with Gasteiger partial charge in [0.1, 0.15) is 11.9 Å². The van der Waals surface area contributed by atoms with Gasteiger partial charge in [0.2, 0.25) is 5.91 Å². The molecule has 2 rings (SSSR count). The highest BCUT2D eigenvalue weighted by molar-refractivity contribution is 5.81. The van der Waals surface area contributed by atoms with Crippen LogP contribution in [0.1, 0.15) is 37.8 Å². The van der Waals surface area contributed by atoms with E-state index in [1.165, 1.54) is 0 Å². The Morgan fingerprint density at radius 3 is 2.95 bits per heavy atom. The number of rotatable bonds is 5. The van der Waals surface area contributed by atoms with Crippen LogP contribution in [0.25, 0.3) is 0 Å². The summed E-state index contributed by atoms with van der Waals surface area (Å²) in [5.74, 6) is 0.789. The number of methoxy groups -OCH3 is 1. The Kier molecular flexibility index (Phi) is 4.80. The predicted octanol–water partition coefficient (Wildman–Crippen LogP) is 2.44. The Bertz CT molecular complexity index is 427. The lowest BCUT2D eigenvalue weighted by atomic mass is 10.0. The first-order valence-corrected chi connectivity index (χ1v) is 6.81. The van der Waals surface area contributed by atoms with Crippen molar-refractivity contribution in [2.45, 2.75) is 38.3 Å². The first-order chi connectivity index (χ1) is 9.26. The van der Waals surface area contributed by atoms with Crippen molar-refractivity contribution in [3.05, 3.63) is 29.8 Å². The quantitative estimate of drug-likeness (QED) is 0.887. The van der Waals surface area contributed by atoms with Crippen LogP contribution < -0.4 is 10.1 Å². The van der Waals surface area contributed by atoms with Crippen molar-refractivity contribution >= 4 is 5.91 Å². The molecule has 0 aromatic heterocycles. The number of carbonyl (C=O) groups is 1. The van der Waals surface area contributed by atoms with Gasteiger partial charge in [-0.05, 0) is 25.3 Å². The van der Waals surface area contributed by atoms with Crippen LogP contribution in [-0.4, -0.2) is 25.7 Å². The molecule has 1 aliphatic heterocycles. The maximum absolute atomic E-state index is 12.1. The standard InChI is InChI=1S/C15H21NO3/c1-3-12(11-7-4-5-8-13(11)18-2)16-15(17)14-9-6-10-19-14/h4-5,7-8,12,14H,3,6,9-10H2,1-2H3,(H,16,17)/t12-,14+/m1/s1. The van der Waals surface area contributed by atoms with E-state index in [2.05, 4.69) is 5.32 Å². The summed E-state index contributed by atoms with van der Waals surface area (Å²) in [7, 11) is 1.65. The van der Waals surface area contributed by atoms with Crippen molar-refractivity contribution in [3.63, 3.8) is 0 Å². The molecular formula is C15H21NO3. The SMILES string of the molecule is CC[C@@H](NC(=O)[C@@H]1CCCO1)c1ccccc1OC. The molecule has 0 saturated carbocycles. The van der Waals surface area contributed by atoms with Gasteiger partial charge in [0, 0.05) is 12.2 Å². The van der Waals surface area contributed by atoms with Gasteiger partial charge in [-0.2, -0.15) is 0 Å². The van der Waals surface area contributed by atoms with Gasteiger partial charge in [-0.3, -0.25) is 4.79 Å². The second kappa shape index (κ2) is 6.57. The van der Waals surface area contributed by atoms with Crippen LogP contribution >= 0.6 is 0 Å². The molecule has 1 fully saturated rings. The number of hydrogen-bond acceptors (Lipinski definition) is 3. The second-order valence-electron chi connectivity index (χ2n) is 4.71. The highest BCUT2D eigenvalue weighted by Gasteiger charge is 2.26. The molecule has 1 aromatic rings. The molecule has 104 valence electrons. The minimum absolute atomic E-state index is 0.0183. The lowest BCUT2D eigenvalue weighted by Crippen LogP contribution is -2.36. The Balaban J connectivity index is 2.08. The number of ether oxygens (including phenoxy) is 2. The monoisotopic (exact) mass is 263 g/mol. The molecule has 0 spiro atoms. The van der Waals surface area contributed by atoms with Gasteiger partial charge in [-0.15, -0.1) is 0 Å². The largest absolute Gasteiger partial charge is 0.496 e. The summed E-state index contributed by atoms with van der Waals surface area (Å²) in [6.07, 6.45) is 2.31. The van der Waals surface area contributed by atoms with Gasteiger partial charge >= 0.3 is 0 Å². The van der Waals surface area contributed by atoms with Crippen LogP contribution in [0.15, 0.2) is 24.3 Å². The zero-order chi connectivity index (χ0) is 13.7. The molecule has 1 saturated heterocycles. The third-order valence-corrected chi connectivity index (χ3v) is 3.46. The number of benzene rings is 1. The van der Waals surface area contributed by atoms with Crippen LogP contribution in [0.3, 0.4) is 0 Å². The number of carbonyl (C=O) groups excluding carboxylic acids is 1. The summed E-state index contributed by atoms with van der Waals surface area (Å²) in [4.78, 5) is 12.1. The second-order valence-corrected chi connectivity index (χ2v) is 4.71. The van der Waals surface area contributed by atoms with Crippen LogP contribution in [0, 0.1) is 0 Å². The average molecular weight is 263 g/mol. The fourth-order valence-corrected chi connectivity index (χ4v) is 2.40. The van der Waals surface area contributed by atoms with Gasteiger partial charge in [0.25, 0.3) is 0 Å². The van der Waals surface area contributed by atoms with Gasteiger partial charge in [-0.1, -0.05) is 25.1 Å². The number of hydrogen-bond donors (Lipinski definition) is 1. The Morgan fingerprint density at radius 2 is 2.32 bits per heavy atom. The first kappa shape index (κ1) is 13.9. The third-order valence-electron chi connectivity index (χ3n) is 3.46. The van der Waals surface area contributed by atoms with E-state index in [1.807, 2.05) is 31.2 Å². The van der Waals surface area contributed by atoms with Crippen molar-refractivity contribution in [3.8, 4) is 5.75 Å². The van der Waals surface area contributed by atoms with E-state index in [9.17, 15) is 4.79 Å². The minimum Gasteiger partial charge on any atom is -0.496 e. The molecule has 1 heterocycles. The lowest BCUT2D eigenvalue weighted by molar-refractivity contribution is -0.130. The predicted molar refractivity (Wildman–Crippen MR) is 73.1 cm³/mol. The Hall–Kier alpha value is -1.55. The Morgan fingerprint density at radius 1 is 1.53 bits per heavy atom. The van der Waals surface area contributed by atoms with Crippen LogP contribution in [0.5, 0.6) is 5.75 Å². The average Bonchev–Trinajstić information content (AvgIpc) is 2.98. The molecular weight excluding hydrogens is 242 g/mol. The highest BCUT2D eigenvalue weighted by atomic mass is 16.5. The molecule has 0 radical (unpaired) electrons. The van der Waals surface area contributed by atoms with E-state index in [-0.39, 0.29) is 18.1 Å². The number of amides is 1. The van der Waals surface area contributed by atoms with E-state index in [0.717, 1.165) is 30.6 Å². The summed E-state index contributed by atoms with van der Waals surface area (Å²) in [6, 6.07) is 7.75. The van der Waals surface area contributed by atoms with E-state index in [4.69, 9.17) is 9.47 Å². The molecule has 2 atom stereocenters. The van der Waals surface area contributed by atoms with E-state index in [0.29, 0.717) is 6.61 Å². The van der Waals surface area contributed by atoms with Crippen LogP contribution in [-0.2, 0) is 9.53 Å². The summed E-state index contributed by atoms with van der Waals surface area (Å²) in [6.45, 7) is 2.73. The molecule has 4 nitrogen and oxygen atoms in total. The van der Waals surface area contributed by atoms with Crippen molar-refractivity contribution in [2.24, 2.45) is 0 Å². The summed E-state index contributed by atoms with van der Waals surface area (Å²) >= 11 is 0. The number of nitrogens with one attached hydrogen (secondary N) is 1. The zero-order valence-electron chi connectivity index (χ0n) is 11.5. The lowest BCUT2D eigenvalue weighted by Gasteiger charge is -2.21. The number of para-hydroxylation sites is 1. The summed E-state index contributed by atoms with van der Waals surface area (Å²) in [5, 5.41) is 3.06. The minimum atomic E-state index is -0.288. The maximum Gasteiger partial charge on any atom is 0.249 e. The van der Waals surface area contributed by atoms with E-state index < -0.39 is 0 Å². The molecule has 1 N–H and O–H groups in total. The van der Waals surface area contributed by atoms with Crippen molar-refractivity contribution < 1.29 is 14.3 Å². The zero-order valence-corrected chi connectivity index (χ0v) is 11.5. The van der Waals surface area contributed by atoms with Crippen LogP contribution in [0.4, 0.5) is 0 Å². The van der Waals surface area contributed by atoms with E-state index >= 15 is 0 Å². The molecule has 0 unspecified atom stereocenters. The topological polar surface area (TPSA) is 47.6 Å². The first-order valence-electron chi connectivity index (χ1n) is 6.81. The van der Waals surface area contributed by atoms with E-state index in [1.54, 1.807) is 7.11 Å². The molecule has 19 heavy (non-hydrogen) atoms. The Labute approximate surface area is 114 Å². The van der Waals surface area contributed by atoms with Gasteiger partial charge < -0.3 is 14.8 Å². The molecule has 4 heteroatoms. The molecule has 1 aliphatic rings. The fourth-order valence-electron chi connectivity index (χ4n) is 2.40. The van der Waals surface area contributed by atoms with Crippen molar-refractivity contribution in [1.82, 2.24) is 5.32 Å². The van der Waals surface area contributed by atoms with Gasteiger partial charge in [0.15, 0.2) is 0 Å². The van der Waals surface area contributed by atoms with Crippen LogP contribution in [0.2, 0.25) is 0 Å². The summed E-state index contributed by atoms with van der Waals surface area (Å²) < 4.78 is 10.8. The molecule has 1 amide bonds. The van der Waals surface area contributed by atoms with Gasteiger partial charge in [-0.25, -0.2) is 0 Å². The van der Waals surface area contributed by atoms with Crippen molar-refractivity contribution in [1.29, 1.82) is 0 Å².